The summed E-state index contributed by atoms with van der Waals surface area (Å²) in [4.78, 5) is 11.4. The first-order chi connectivity index (χ1) is 14.1. The summed E-state index contributed by atoms with van der Waals surface area (Å²) in [7, 11) is 0. The average molecular weight is 419 g/mol. The van der Waals surface area contributed by atoms with Crippen LogP contribution in [0.25, 0.3) is 6.08 Å². The van der Waals surface area contributed by atoms with Gasteiger partial charge in [0.2, 0.25) is 0 Å². The van der Waals surface area contributed by atoms with Gasteiger partial charge in [-0.15, -0.1) is 0 Å². The predicted octanol–water partition coefficient (Wildman–Crippen LogP) is 5.62. The van der Waals surface area contributed by atoms with Crippen molar-refractivity contribution in [3.63, 3.8) is 0 Å². The summed E-state index contributed by atoms with van der Waals surface area (Å²) in [5.41, 5.74) is 5.04. The van der Waals surface area contributed by atoms with Crippen LogP contribution in [-0.2, 0) is 24.0 Å². The second-order valence-corrected chi connectivity index (χ2v) is 7.06. The molecule has 0 spiro atoms. The molecule has 0 atom stereocenters. The molecule has 0 aliphatic carbocycles. The lowest BCUT2D eigenvalue weighted by atomic mass is 9.99. The summed E-state index contributed by atoms with van der Waals surface area (Å²) in [6.45, 7) is 5.96. The van der Waals surface area contributed by atoms with Gasteiger partial charge in [-0.3, -0.25) is 10.0 Å². The molecule has 0 saturated carbocycles. The second-order valence-electron chi connectivity index (χ2n) is 7.06. The lowest BCUT2D eigenvalue weighted by Gasteiger charge is -2.17. The molecule has 0 radical (unpaired) electrons. The van der Waals surface area contributed by atoms with E-state index in [2.05, 4.69) is 0 Å². The van der Waals surface area contributed by atoms with Crippen molar-refractivity contribution >= 4 is 12.0 Å². The minimum atomic E-state index is -4.39. The molecule has 0 aliphatic heterocycles. The minimum absolute atomic E-state index is 0.0659. The highest BCUT2D eigenvalue weighted by molar-refractivity contribution is 5.91. The molecule has 2 N–H and O–H groups in total. The highest BCUT2D eigenvalue weighted by atomic mass is 19.4. The number of carbonyl (C=O) groups is 1. The fourth-order valence-corrected chi connectivity index (χ4v) is 2.75. The monoisotopic (exact) mass is 419 g/mol. The molecule has 160 valence electrons. The zero-order valence-electron chi connectivity index (χ0n) is 17.0. The van der Waals surface area contributed by atoms with Gasteiger partial charge < -0.3 is 4.74 Å². The van der Waals surface area contributed by atoms with Crippen LogP contribution in [0.1, 0.15) is 41.7 Å². The topological polar surface area (TPSA) is 58.6 Å². The van der Waals surface area contributed by atoms with Crippen LogP contribution in [0, 0.1) is 6.92 Å². The van der Waals surface area contributed by atoms with Gasteiger partial charge in [0.1, 0.15) is 12.4 Å². The van der Waals surface area contributed by atoms with Crippen molar-refractivity contribution in [2.24, 2.45) is 0 Å². The lowest BCUT2D eigenvalue weighted by molar-refractivity contribution is -0.137. The number of hydrogen-bond donors (Lipinski definition) is 2. The molecular formula is C23H24F3NO3. The van der Waals surface area contributed by atoms with Crippen LogP contribution in [0.5, 0.6) is 5.75 Å². The van der Waals surface area contributed by atoms with E-state index in [0.717, 1.165) is 28.8 Å². The van der Waals surface area contributed by atoms with Crippen LogP contribution in [0.3, 0.4) is 0 Å². The number of halogens is 3. The summed E-state index contributed by atoms with van der Waals surface area (Å²) < 4.78 is 44.3. The van der Waals surface area contributed by atoms with Crippen molar-refractivity contribution in [2.45, 2.75) is 40.0 Å². The Balaban J connectivity index is 2.36. The van der Waals surface area contributed by atoms with E-state index in [1.54, 1.807) is 6.07 Å². The van der Waals surface area contributed by atoms with E-state index in [1.807, 2.05) is 32.9 Å². The summed E-state index contributed by atoms with van der Waals surface area (Å²) >= 11 is 0. The Kier molecular flexibility index (Phi) is 7.83. The molecular weight excluding hydrogens is 395 g/mol. The number of nitrogens with one attached hydrogen (secondary N) is 1. The van der Waals surface area contributed by atoms with Gasteiger partial charge >= 0.3 is 6.18 Å². The maximum Gasteiger partial charge on any atom is 0.416 e. The van der Waals surface area contributed by atoms with Gasteiger partial charge in [0.15, 0.2) is 0 Å². The number of allylic oxidation sites excluding steroid dienone is 2. The van der Waals surface area contributed by atoms with Crippen molar-refractivity contribution in [3.8, 4) is 5.75 Å². The Bertz CT molecular complexity index is 941. The van der Waals surface area contributed by atoms with Crippen LogP contribution >= 0.6 is 0 Å². The fraction of sp³-hybridized carbons (Fsp3) is 0.261. The largest absolute Gasteiger partial charge is 0.488 e. The van der Waals surface area contributed by atoms with E-state index in [9.17, 15) is 18.0 Å². The van der Waals surface area contributed by atoms with Crippen molar-refractivity contribution in [1.82, 2.24) is 5.48 Å². The molecule has 1 amide bonds. The Morgan fingerprint density at radius 3 is 2.37 bits per heavy atom. The Labute approximate surface area is 173 Å². The number of amides is 1. The first-order valence-corrected chi connectivity index (χ1v) is 9.28. The predicted molar refractivity (Wildman–Crippen MR) is 109 cm³/mol. The maximum atomic E-state index is 12.8. The normalized spacial score (nSPS) is 11.4. The second kappa shape index (κ2) is 10.1. The Morgan fingerprint density at radius 2 is 1.80 bits per heavy atom. The molecule has 30 heavy (non-hydrogen) atoms. The van der Waals surface area contributed by atoms with Gasteiger partial charge in [0.25, 0.3) is 5.91 Å². The van der Waals surface area contributed by atoms with Gasteiger partial charge in [0.05, 0.1) is 5.56 Å². The smallest absolute Gasteiger partial charge is 0.416 e. The molecule has 0 fully saturated rings. The van der Waals surface area contributed by atoms with Crippen molar-refractivity contribution < 1.29 is 27.9 Å². The van der Waals surface area contributed by atoms with Crippen molar-refractivity contribution in [1.29, 1.82) is 0 Å². The number of carbonyl (C=O) groups excluding carboxylic acids is 1. The molecule has 2 rings (SSSR count). The van der Waals surface area contributed by atoms with E-state index in [-0.39, 0.29) is 6.61 Å². The Morgan fingerprint density at radius 1 is 1.13 bits per heavy atom. The average Bonchev–Trinajstić information content (AvgIpc) is 2.69. The number of hydrogen-bond acceptors (Lipinski definition) is 3. The number of alkyl halides is 3. The van der Waals surface area contributed by atoms with Crippen LogP contribution in [0.4, 0.5) is 13.2 Å². The van der Waals surface area contributed by atoms with E-state index >= 15 is 0 Å². The summed E-state index contributed by atoms with van der Waals surface area (Å²) in [5, 5.41) is 8.69. The van der Waals surface area contributed by atoms with E-state index < -0.39 is 17.6 Å². The standard InChI is InChI=1S/C23H24F3NO3/c1-15(2)4-12-20-16(3)5-8-18(9-13-21(28)27-29)22(20)30-14-17-6-10-19(11-7-17)23(24,25)26/h4-11,13,29H,12,14H2,1-3H3,(H,27,28)/b13-9-. The first kappa shape index (κ1) is 23.2. The number of aryl methyl sites for hydroxylation is 1. The van der Waals surface area contributed by atoms with Gasteiger partial charge in [-0.2, -0.15) is 13.2 Å². The van der Waals surface area contributed by atoms with Crippen molar-refractivity contribution in [2.75, 3.05) is 0 Å². The van der Waals surface area contributed by atoms with Crippen molar-refractivity contribution in [3.05, 3.63) is 81.9 Å². The van der Waals surface area contributed by atoms with E-state index in [0.29, 0.717) is 23.3 Å². The molecule has 2 aromatic carbocycles. The highest BCUT2D eigenvalue weighted by Gasteiger charge is 2.29. The zero-order chi connectivity index (χ0) is 22.3. The molecule has 4 nitrogen and oxygen atoms in total. The van der Waals surface area contributed by atoms with E-state index in [1.165, 1.54) is 29.8 Å². The lowest BCUT2D eigenvalue weighted by Crippen LogP contribution is -2.14. The summed E-state index contributed by atoms with van der Waals surface area (Å²) in [5.74, 6) is -0.149. The molecule has 0 saturated heterocycles. The molecule has 7 heteroatoms. The molecule has 0 bridgehead atoms. The minimum Gasteiger partial charge on any atom is -0.488 e. The molecule has 0 aromatic heterocycles. The Hall–Kier alpha value is -3.06. The summed E-state index contributed by atoms with van der Waals surface area (Å²) in [6.07, 6.45) is 0.934. The molecule has 2 aromatic rings. The third-order valence-electron chi connectivity index (χ3n) is 4.43. The number of ether oxygens (including phenoxy) is 1. The van der Waals surface area contributed by atoms with Crippen LogP contribution in [0.2, 0.25) is 0 Å². The first-order valence-electron chi connectivity index (χ1n) is 9.28. The third-order valence-corrected chi connectivity index (χ3v) is 4.43. The molecule has 0 heterocycles. The molecule has 0 unspecified atom stereocenters. The van der Waals surface area contributed by atoms with E-state index in [4.69, 9.17) is 9.94 Å². The van der Waals surface area contributed by atoms with Crippen LogP contribution in [-0.4, -0.2) is 11.1 Å². The zero-order valence-corrected chi connectivity index (χ0v) is 17.0. The third kappa shape index (κ3) is 6.49. The number of hydroxylamine groups is 1. The van der Waals surface area contributed by atoms with Crippen LogP contribution in [0.15, 0.2) is 54.1 Å². The van der Waals surface area contributed by atoms with Gasteiger partial charge in [-0.25, -0.2) is 5.48 Å². The van der Waals surface area contributed by atoms with Crippen LogP contribution < -0.4 is 10.2 Å². The highest BCUT2D eigenvalue weighted by Crippen LogP contribution is 2.32. The van der Waals surface area contributed by atoms with Gasteiger partial charge in [-0.1, -0.05) is 35.9 Å². The number of benzene rings is 2. The molecule has 0 aliphatic rings. The van der Waals surface area contributed by atoms with Gasteiger partial charge in [0, 0.05) is 17.2 Å². The number of rotatable bonds is 7. The van der Waals surface area contributed by atoms with Gasteiger partial charge in [-0.05, 0) is 56.5 Å². The SMILES string of the molecule is CC(C)=CCc1c(C)ccc(/C=C\C(=O)NO)c1OCc1ccc(C(F)(F)F)cc1. The summed E-state index contributed by atoms with van der Waals surface area (Å²) in [6, 6.07) is 8.48. The quantitative estimate of drug-likeness (QED) is 0.265. The maximum absolute atomic E-state index is 12.8. The fourth-order valence-electron chi connectivity index (χ4n) is 2.75.